The number of carbonyl (C=O) groups is 2. The van der Waals surface area contributed by atoms with Crippen molar-refractivity contribution < 1.29 is 9.59 Å². The van der Waals surface area contributed by atoms with E-state index in [0.717, 1.165) is 24.2 Å². The molecule has 1 aliphatic rings. The normalized spacial score (nSPS) is 13.4. The lowest BCUT2D eigenvalue weighted by Crippen LogP contribution is -2.35. The molecule has 23 heavy (non-hydrogen) atoms. The highest BCUT2D eigenvalue weighted by Crippen LogP contribution is 2.38. The number of carbonyl (C=O) groups excluding carboxylic acids is 2. The molecule has 0 saturated heterocycles. The van der Waals surface area contributed by atoms with Crippen LogP contribution in [0.25, 0.3) is 11.4 Å². The van der Waals surface area contributed by atoms with Crippen LogP contribution in [-0.2, 0) is 9.59 Å². The summed E-state index contributed by atoms with van der Waals surface area (Å²) in [4.78, 5) is 27.6. The molecule has 2 amide bonds. The molecule has 3 rings (SSSR count). The molecule has 0 unspecified atom stereocenters. The fourth-order valence-corrected chi connectivity index (χ4v) is 2.08. The topological polar surface area (TPSA) is 99.8 Å². The quantitative estimate of drug-likeness (QED) is 0.576. The van der Waals surface area contributed by atoms with Crippen LogP contribution in [0.1, 0.15) is 24.6 Å². The predicted molar refractivity (Wildman–Crippen MR) is 85.6 cm³/mol. The van der Waals surface area contributed by atoms with Gasteiger partial charge in [-0.3, -0.25) is 14.7 Å². The van der Waals surface area contributed by atoms with Crippen LogP contribution in [0, 0.1) is 0 Å². The van der Waals surface area contributed by atoms with Crippen molar-refractivity contribution in [2.45, 2.75) is 18.8 Å². The first-order valence-electron chi connectivity index (χ1n) is 7.40. The Morgan fingerprint density at radius 1 is 1.26 bits per heavy atom. The van der Waals surface area contributed by atoms with Gasteiger partial charge in [-0.15, -0.1) is 6.58 Å². The van der Waals surface area contributed by atoms with E-state index in [0.29, 0.717) is 17.4 Å². The number of aromatic amines is 1. The van der Waals surface area contributed by atoms with Crippen molar-refractivity contribution in [2.75, 3.05) is 11.9 Å². The monoisotopic (exact) mass is 311 g/mol. The summed E-state index contributed by atoms with van der Waals surface area (Å²) in [7, 11) is 0. The van der Waals surface area contributed by atoms with Crippen molar-refractivity contribution in [1.82, 2.24) is 20.5 Å². The number of benzene rings is 1. The Kier molecular flexibility index (Phi) is 4.18. The van der Waals surface area contributed by atoms with Gasteiger partial charge in [0.05, 0.1) is 0 Å². The molecule has 3 N–H and O–H groups in total. The first kappa shape index (κ1) is 15.0. The van der Waals surface area contributed by atoms with Gasteiger partial charge in [0, 0.05) is 23.7 Å². The van der Waals surface area contributed by atoms with Crippen LogP contribution in [-0.4, -0.2) is 33.5 Å². The summed E-state index contributed by atoms with van der Waals surface area (Å²) in [6, 6.07) is 7.02. The highest BCUT2D eigenvalue weighted by molar-refractivity contribution is 6.39. The summed E-state index contributed by atoms with van der Waals surface area (Å²) in [5.74, 6) is 0.666. The minimum atomic E-state index is -0.714. The van der Waals surface area contributed by atoms with Gasteiger partial charge in [0.2, 0.25) is 0 Å². The Balaban J connectivity index is 1.63. The summed E-state index contributed by atoms with van der Waals surface area (Å²) >= 11 is 0. The van der Waals surface area contributed by atoms with Crippen molar-refractivity contribution in [3.8, 4) is 11.4 Å². The van der Waals surface area contributed by atoms with Crippen molar-refractivity contribution in [2.24, 2.45) is 0 Å². The molecule has 0 aliphatic heterocycles. The summed E-state index contributed by atoms with van der Waals surface area (Å²) < 4.78 is 0. The molecule has 7 heteroatoms. The van der Waals surface area contributed by atoms with E-state index in [4.69, 9.17) is 0 Å². The zero-order valence-corrected chi connectivity index (χ0v) is 12.5. The van der Waals surface area contributed by atoms with E-state index in [1.54, 1.807) is 24.3 Å². The molecule has 0 radical (unpaired) electrons. The predicted octanol–water partition coefficient (Wildman–Crippen LogP) is 1.59. The van der Waals surface area contributed by atoms with Gasteiger partial charge in [-0.1, -0.05) is 6.08 Å². The Morgan fingerprint density at radius 3 is 2.65 bits per heavy atom. The molecule has 0 atom stereocenters. The lowest BCUT2D eigenvalue weighted by Gasteiger charge is -2.05. The van der Waals surface area contributed by atoms with Gasteiger partial charge in [0.1, 0.15) is 5.82 Å². The molecule has 118 valence electrons. The number of aromatic nitrogens is 3. The van der Waals surface area contributed by atoms with Crippen molar-refractivity contribution >= 4 is 17.5 Å². The third kappa shape index (κ3) is 3.63. The number of H-pyrrole nitrogens is 1. The first-order chi connectivity index (χ1) is 11.2. The fraction of sp³-hybridized carbons (Fsp3) is 0.250. The Bertz CT molecular complexity index is 731. The van der Waals surface area contributed by atoms with Crippen molar-refractivity contribution in [3.05, 3.63) is 42.7 Å². The number of nitrogens with zero attached hydrogens (tertiary/aromatic N) is 2. The second-order valence-corrected chi connectivity index (χ2v) is 5.35. The molecular weight excluding hydrogens is 294 g/mol. The van der Waals surface area contributed by atoms with E-state index in [2.05, 4.69) is 32.4 Å². The Labute approximate surface area is 133 Å². The largest absolute Gasteiger partial charge is 0.344 e. The minimum Gasteiger partial charge on any atom is -0.344 e. The van der Waals surface area contributed by atoms with Crippen LogP contribution >= 0.6 is 0 Å². The molecule has 1 fully saturated rings. The molecule has 0 bridgehead atoms. The van der Waals surface area contributed by atoms with Gasteiger partial charge in [-0.05, 0) is 37.1 Å². The second-order valence-electron chi connectivity index (χ2n) is 5.35. The lowest BCUT2D eigenvalue weighted by atomic mass is 10.2. The standard InChI is InChI=1S/C16H17N5O2/c1-2-9-17-15(22)16(23)18-12-7-5-11(6-8-12)14-19-13(20-21-14)10-3-4-10/h2,5-8,10H,1,3-4,9H2,(H,17,22)(H,18,23)(H,19,20,21). The summed E-state index contributed by atoms with van der Waals surface area (Å²) in [6.07, 6.45) is 3.83. The smallest absolute Gasteiger partial charge is 0.313 e. The van der Waals surface area contributed by atoms with Crippen LogP contribution in [0.4, 0.5) is 5.69 Å². The highest BCUT2D eigenvalue weighted by Gasteiger charge is 2.27. The van der Waals surface area contributed by atoms with E-state index in [9.17, 15) is 9.59 Å². The average molecular weight is 311 g/mol. The van der Waals surface area contributed by atoms with Gasteiger partial charge in [-0.25, -0.2) is 4.98 Å². The van der Waals surface area contributed by atoms with Crippen LogP contribution in [0.15, 0.2) is 36.9 Å². The van der Waals surface area contributed by atoms with E-state index < -0.39 is 11.8 Å². The van der Waals surface area contributed by atoms with E-state index in [1.807, 2.05) is 0 Å². The first-order valence-corrected chi connectivity index (χ1v) is 7.40. The molecule has 1 aromatic heterocycles. The molecule has 2 aromatic rings. The lowest BCUT2D eigenvalue weighted by molar-refractivity contribution is -0.136. The Hall–Kier alpha value is -2.96. The van der Waals surface area contributed by atoms with Crippen LogP contribution in [0.3, 0.4) is 0 Å². The van der Waals surface area contributed by atoms with Crippen LogP contribution < -0.4 is 10.6 Å². The SMILES string of the molecule is C=CCNC(=O)C(=O)Nc1ccc(-c2n[nH]c(C3CC3)n2)cc1. The van der Waals surface area contributed by atoms with Crippen molar-refractivity contribution in [3.63, 3.8) is 0 Å². The molecule has 1 heterocycles. The third-order valence-corrected chi connectivity index (χ3v) is 3.48. The van der Waals surface area contributed by atoms with Gasteiger partial charge in [-0.2, -0.15) is 5.10 Å². The van der Waals surface area contributed by atoms with Gasteiger partial charge in [0.15, 0.2) is 5.82 Å². The fourth-order valence-electron chi connectivity index (χ4n) is 2.08. The molecule has 7 nitrogen and oxygen atoms in total. The Morgan fingerprint density at radius 2 is 2.00 bits per heavy atom. The maximum Gasteiger partial charge on any atom is 0.313 e. The summed E-state index contributed by atoms with van der Waals surface area (Å²) in [6.45, 7) is 3.72. The number of nitrogens with one attached hydrogen (secondary N) is 3. The summed E-state index contributed by atoms with van der Waals surface area (Å²) in [5.41, 5.74) is 1.38. The van der Waals surface area contributed by atoms with Gasteiger partial charge in [0.25, 0.3) is 0 Å². The average Bonchev–Trinajstić information content (AvgIpc) is 3.30. The van der Waals surface area contributed by atoms with Crippen LogP contribution in [0.5, 0.6) is 0 Å². The highest BCUT2D eigenvalue weighted by atomic mass is 16.2. The number of hydrogen-bond acceptors (Lipinski definition) is 4. The minimum absolute atomic E-state index is 0.249. The maximum atomic E-state index is 11.7. The molecule has 1 aromatic carbocycles. The molecule has 0 spiro atoms. The number of amides is 2. The number of hydrogen-bond donors (Lipinski definition) is 3. The van der Waals surface area contributed by atoms with E-state index in [1.165, 1.54) is 6.08 Å². The zero-order valence-electron chi connectivity index (χ0n) is 12.5. The number of rotatable bonds is 5. The van der Waals surface area contributed by atoms with Crippen LogP contribution in [0.2, 0.25) is 0 Å². The van der Waals surface area contributed by atoms with Crippen molar-refractivity contribution in [1.29, 1.82) is 0 Å². The molecular formula is C16H17N5O2. The second kappa shape index (κ2) is 6.43. The summed E-state index contributed by atoms with van der Waals surface area (Å²) in [5, 5.41) is 12.1. The zero-order chi connectivity index (χ0) is 16.2. The van der Waals surface area contributed by atoms with Gasteiger partial charge < -0.3 is 10.6 Å². The van der Waals surface area contributed by atoms with E-state index in [-0.39, 0.29) is 6.54 Å². The van der Waals surface area contributed by atoms with E-state index >= 15 is 0 Å². The molecule has 1 saturated carbocycles. The third-order valence-electron chi connectivity index (χ3n) is 3.48. The van der Waals surface area contributed by atoms with Gasteiger partial charge >= 0.3 is 11.8 Å². The number of anilines is 1. The molecule has 1 aliphatic carbocycles. The maximum absolute atomic E-state index is 11.7.